The number of nitrogens with zero attached hydrogens (tertiary/aromatic N) is 1. The number of likely N-dealkylation sites (tertiary alicyclic amines) is 1. The van der Waals surface area contributed by atoms with Gasteiger partial charge in [-0.2, -0.15) is 0 Å². The van der Waals surface area contributed by atoms with Crippen LogP contribution in [0.4, 0.5) is 0 Å². The SMILES string of the molecule is CC(=O)Oc1cccc(C23CCN(C)CC2CCC(NC(=O)Cc2ccc(Cl)c(Cl)c2)C3)c1. The minimum Gasteiger partial charge on any atom is -0.427 e. The van der Waals surface area contributed by atoms with Gasteiger partial charge in [-0.15, -0.1) is 0 Å². The van der Waals surface area contributed by atoms with Crippen LogP contribution in [0.15, 0.2) is 42.5 Å². The van der Waals surface area contributed by atoms with Crippen molar-refractivity contribution in [2.75, 3.05) is 20.1 Å². The second kappa shape index (κ2) is 10.0. The molecular weight excluding hydrogens is 459 g/mol. The molecule has 3 atom stereocenters. The summed E-state index contributed by atoms with van der Waals surface area (Å²) in [7, 11) is 2.17. The van der Waals surface area contributed by atoms with Crippen LogP contribution in [0.25, 0.3) is 0 Å². The van der Waals surface area contributed by atoms with E-state index in [1.165, 1.54) is 12.5 Å². The largest absolute Gasteiger partial charge is 0.427 e. The molecule has 1 heterocycles. The van der Waals surface area contributed by atoms with E-state index in [0.717, 1.165) is 44.3 Å². The number of amides is 1. The molecule has 0 aromatic heterocycles. The topological polar surface area (TPSA) is 58.6 Å². The lowest BCUT2D eigenvalue weighted by Crippen LogP contribution is -2.55. The smallest absolute Gasteiger partial charge is 0.308 e. The molecule has 4 rings (SSSR count). The summed E-state index contributed by atoms with van der Waals surface area (Å²) in [6.07, 6.45) is 4.16. The maximum Gasteiger partial charge on any atom is 0.308 e. The molecule has 2 aromatic rings. The Hall–Kier alpha value is -2.08. The van der Waals surface area contributed by atoms with Crippen LogP contribution in [0, 0.1) is 5.92 Å². The second-order valence-corrected chi connectivity index (χ2v) is 10.3. The normalized spacial score (nSPS) is 25.2. The van der Waals surface area contributed by atoms with Crippen molar-refractivity contribution < 1.29 is 14.3 Å². The Bertz CT molecular complexity index is 1040. The predicted molar refractivity (Wildman–Crippen MR) is 131 cm³/mol. The first-order valence-electron chi connectivity index (χ1n) is 11.5. The van der Waals surface area contributed by atoms with Gasteiger partial charge in [-0.25, -0.2) is 0 Å². The van der Waals surface area contributed by atoms with Crippen LogP contribution in [-0.2, 0) is 21.4 Å². The number of carbonyl (C=O) groups is 2. The fourth-order valence-electron chi connectivity index (χ4n) is 5.59. The molecule has 176 valence electrons. The first-order chi connectivity index (χ1) is 15.7. The molecule has 3 unspecified atom stereocenters. The molecular formula is C26H30Cl2N2O3. The molecule has 0 spiro atoms. The average molecular weight is 489 g/mol. The van der Waals surface area contributed by atoms with Crippen LogP contribution < -0.4 is 10.1 Å². The van der Waals surface area contributed by atoms with Crippen LogP contribution in [0.1, 0.15) is 43.7 Å². The monoisotopic (exact) mass is 488 g/mol. The average Bonchev–Trinajstić information content (AvgIpc) is 2.76. The van der Waals surface area contributed by atoms with E-state index in [1.54, 1.807) is 12.1 Å². The van der Waals surface area contributed by atoms with Gasteiger partial charge in [0.1, 0.15) is 5.75 Å². The van der Waals surface area contributed by atoms with Crippen molar-refractivity contribution in [1.29, 1.82) is 0 Å². The molecule has 2 aromatic carbocycles. The predicted octanol–water partition coefficient (Wildman–Crippen LogP) is 5.02. The first kappa shape index (κ1) is 24.1. The number of hydrogen-bond donors (Lipinski definition) is 1. The summed E-state index contributed by atoms with van der Waals surface area (Å²) in [5, 5.41) is 4.22. The highest BCUT2D eigenvalue weighted by atomic mass is 35.5. The Morgan fingerprint density at radius 3 is 2.73 bits per heavy atom. The molecule has 1 aliphatic heterocycles. The van der Waals surface area contributed by atoms with Gasteiger partial charge < -0.3 is 15.0 Å². The van der Waals surface area contributed by atoms with E-state index in [4.69, 9.17) is 27.9 Å². The molecule has 1 aliphatic carbocycles. The summed E-state index contributed by atoms with van der Waals surface area (Å²) < 4.78 is 5.38. The van der Waals surface area contributed by atoms with Crippen molar-refractivity contribution >= 4 is 35.1 Å². The zero-order chi connectivity index (χ0) is 23.6. The van der Waals surface area contributed by atoms with Crippen molar-refractivity contribution in [2.45, 2.75) is 50.5 Å². The quantitative estimate of drug-likeness (QED) is 0.474. The standard InChI is InChI=1S/C26H30Cl2N2O3/c1-17(31)33-22-5-3-4-19(14-22)26-10-11-30(2)16-20(26)7-8-21(15-26)29-25(32)13-18-6-9-23(27)24(28)12-18/h3-6,9,12,14,20-21H,7-8,10-11,13,15-16H2,1-2H3,(H,29,32). The second-order valence-electron chi connectivity index (χ2n) is 9.46. The lowest BCUT2D eigenvalue weighted by Gasteiger charge is -2.52. The van der Waals surface area contributed by atoms with Gasteiger partial charge in [0.25, 0.3) is 0 Å². The van der Waals surface area contributed by atoms with E-state index in [2.05, 4.69) is 23.3 Å². The van der Waals surface area contributed by atoms with Crippen LogP contribution in [0.3, 0.4) is 0 Å². The van der Waals surface area contributed by atoms with Gasteiger partial charge >= 0.3 is 5.97 Å². The number of piperidine rings is 1. The summed E-state index contributed by atoms with van der Waals surface area (Å²) in [5.74, 6) is 0.749. The molecule has 2 aliphatic rings. The molecule has 1 amide bonds. The third kappa shape index (κ3) is 5.53. The van der Waals surface area contributed by atoms with E-state index >= 15 is 0 Å². The molecule has 33 heavy (non-hydrogen) atoms. The number of esters is 1. The van der Waals surface area contributed by atoms with Gasteiger partial charge in [0.15, 0.2) is 0 Å². The summed E-state index contributed by atoms with van der Waals surface area (Å²) in [4.78, 5) is 26.7. The van der Waals surface area contributed by atoms with Gasteiger partial charge in [-0.05, 0) is 80.6 Å². The zero-order valence-corrected chi connectivity index (χ0v) is 20.6. The van der Waals surface area contributed by atoms with Gasteiger partial charge in [0, 0.05) is 24.9 Å². The van der Waals surface area contributed by atoms with Gasteiger partial charge in [-0.1, -0.05) is 41.4 Å². The van der Waals surface area contributed by atoms with Gasteiger partial charge in [0.05, 0.1) is 16.5 Å². The minimum absolute atomic E-state index is 0.00594. The van der Waals surface area contributed by atoms with Crippen molar-refractivity contribution in [3.63, 3.8) is 0 Å². The molecule has 5 nitrogen and oxygen atoms in total. The van der Waals surface area contributed by atoms with Crippen molar-refractivity contribution in [2.24, 2.45) is 5.92 Å². The van der Waals surface area contributed by atoms with Crippen molar-refractivity contribution in [3.8, 4) is 5.75 Å². The lowest BCUT2D eigenvalue weighted by molar-refractivity contribution is -0.132. The first-order valence-corrected chi connectivity index (χ1v) is 12.2. The van der Waals surface area contributed by atoms with E-state index in [9.17, 15) is 9.59 Å². The molecule has 1 saturated heterocycles. The van der Waals surface area contributed by atoms with Crippen LogP contribution in [0.5, 0.6) is 5.75 Å². The van der Waals surface area contributed by atoms with E-state index < -0.39 is 0 Å². The lowest BCUT2D eigenvalue weighted by atomic mass is 9.58. The number of ether oxygens (including phenoxy) is 1. The fourth-order valence-corrected chi connectivity index (χ4v) is 5.91. The van der Waals surface area contributed by atoms with Crippen LogP contribution in [0.2, 0.25) is 10.0 Å². The van der Waals surface area contributed by atoms with E-state index in [1.807, 2.05) is 24.3 Å². The van der Waals surface area contributed by atoms with Crippen molar-refractivity contribution in [3.05, 3.63) is 63.6 Å². The highest BCUT2D eigenvalue weighted by Crippen LogP contribution is 2.49. The zero-order valence-electron chi connectivity index (χ0n) is 19.1. The molecule has 2 fully saturated rings. The minimum atomic E-state index is -0.319. The van der Waals surface area contributed by atoms with E-state index in [-0.39, 0.29) is 29.8 Å². The molecule has 0 radical (unpaired) electrons. The highest BCUT2D eigenvalue weighted by Gasteiger charge is 2.47. The summed E-state index contributed by atoms with van der Waals surface area (Å²) >= 11 is 12.1. The van der Waals surface area contributed by atoms with Crippen LogP contribution in [-0.4, -0.2) is 43.0 Å². The number of fused-ring (bicyclic) bond motifs is 1. The Morgan fingerprint density at radius 1 is 1.15 bits per heavy atom. The van der Waals surface area contributed by atoms with E-state index in [0.29, 0.717) is 21.7 Å². The number of rotatable bonds is 5. The molecule has 7 heteroatoms. The summed E-state index contributed by atoms with van der Waals surface area (Å²) in [6.45, 7) is 3.45. The Morgan fingerprint density at radius 2 is 1.97 bits per heavy atom. The maximum atomic E-state index is 12.9. The molecule has 1 saturated carbocycles. The Kier molecular flexibility index (Phi) is 7.32. The third-order valence-electron chi connectivity index (χ3n) is 7.11. The Balaban J connectivity index is 1.53. The third-order valence-corrected chi connectivity index (χ3v) is 7.85. The number of benzene rings is 2. The number of carbonyl (C=O) groups excluding carboxylic acids is 2. The molecule has 0 bridgehead atoms. The Labute approximate surface area is 205 Å². The highest BCUT2D eigenvalue weighted by molar-refractivity contribution is 6.42. The maximum absolute atomic E-state index is 12.9. The number of hydrogen-bond acceptors (Lipinski definition) is 4. The number of nitrogens with one attached hydrogen (secondary N) is 1. The number of halogens is 2. The van der Waals surface area contributed by atoms with Gasteiger partial charge in [0.2, 0.25) is 5.91 Å². The van der Waals surface area contributed by atoms with Gasteiger partial charge in [-0.3, -0.25) is 9.59 Å². The van der Waals surface area contributed by atoms with Crippen molar-refractivity contribution in [1.82, 2.24) is 10.2 Å². The summed E-state index contributed by atoms with van der Waals surface area (Å²) in [6, 6.07) is 13.3. The molecule has 1 N–H and O–H groups in total. The summed E-state index contributed by atoms with van der Waals surface area (Å²) in [5.41, 5.74) is 1.99. The van der Waals surface area contributed by atoms with Crippen LogP contribution >= 0.6 is 23.2 Å². The fraction of sp³-hybridized carbons (Fsp3) is 0.462.